The summed E-state index contributed by atoms with van der Waals surface area (Å²) >= 11 is 0. The van der Waals surface area contributed by atoms with Crippen molar-refractivity contribution >= 4 is 5.91 Å². The maximum absolute atomic E-state index is 13.1. The van der Waals surface area contributed by atoms with Crippen LogP contribution >= 0.6 is 0 Å². The first-order valence-electron chi connectivity index (χ1n) is 3.78. The van der Waals surface area contributed by atoms with Crippen LogP contribution in [0.2, 0.25) is 0 Å². The first-order valence-corrected chi connectivity index (χ1v) is 3.78. The molecule has 12 heavy (non-hydrogen) atoms. The van der Waals surface area contributed by atoms with E-state index in [1.54, 1.807) is 0 Å². The predicted molar refractivity (Wildman–Crippen MR) is 36.7 cm³/mol. The Morgan fingerprint density at radius 3 is 2.42 bits per heavy atom. The maximum Gasteiger partial charge on any atom is 0.315 e. The summed E-state index contributed by atoms with van der Waals surface area (Å²) < 4.78 is 36.3. The van der Waals surface area contributed by atoms with Crippen LogP contribution in [0.15, 0.2) is 0 Å². The van der Waals surface area contributed by atoms with Gasteiger partial charge < -0.3 is 5.32 Å². The van der Waals surface area contributed by atoms with Gasteiger partial charge in [-0.2, -0.15) is 8.78 Å². The van der Waals surface area contributed by atoms with Crippen molar-refractivity contribution in [1.29, 1.82) is 0 Å². The number of halogens is 3. The fourth-order valence-corrected chi connectivity index (χ4v) is 1.06. The van der Waals surface area contributed by atoms with Crippen molar-refractivity contribution < 1.29 is 18.0 Å². The average molecular weight is 181 g/mol. The summed E-state index contributed by atoms with van der Waals surface area (Å²) in [5.74, 6) is -1.39. The SMILES string of the molecule is O=C(NCC1(F)CCC1)C(F)F. The van der Waals surface area contributed by atoms with Crippen molar-refractivity contribution in [1.82, 2.24) is 5.32 Å². The zero-order chi connectivity index (χ0) is 9.19. The zero-order valence-electron chi connectivity index (χ0n) is 6.45. The molecule has 0 spiro atoms. The highest BCUT2D eigenvalue weighted by Gasteiger charge is 2.37. The average Bonchev–Trinajstić information content (AvgIpc) is 1.96. The van der Waals surface area contributed by atoms with Crippen LogP contribution in [0, 0.1) is 0 Å². The van der Waals surface area contributed by atoms with Gasteiger partial charge in [-0.1, -0.05) is 0 Å². The highest BCUT2D eigenvalue weighted by atomic mass is 19.3. The van der Waals surface area contributed by atoms with E-state index in [2.05, 4.69) is 0 Å². The first kappa shape index (κ1) is 9.35. The molecule has 0 aromatic rings. The molecule has 0 heterocycles. The normalized spacial score (nSPS) is 20.3. The summed E-state index contributed by atoms with van der Waals surface area (Å²) in [5.41, 5.74) is -1.43. The number of hydrogen-bond donors (Lipinski definition) is 1. The van der Waals surface area contributed by atoms with E-state index >= 15 is 0 Å². The maximum atomic E-state index is 13.1. The standard InChI is InChI=1S/C7H10F3NO/c8-5(9)6(12)11-4-7(10)2-1-3-7/h5H,1-4H2,(H,11,12). The van der Waals surface area contributed by atoms with Gasteiger partial charge in [0, 0.05) is 0 Å². The molecule has 2 nitrogen and oxygen atoms in total. The Balaban J connectivity index is 2.21. The zero-order valence-corrected chi connectivity index (χ0v) is 6.45. The van der Waals surface area contributed by atoms with Crippen molar-refractivity contribution in [3.63, 3.8) is 0 Å². The van der Waals surface area contributed by atoms with Crippen LogP contribution in [0.5, 0.6) is 0 Å². The molecule has 0 saturated heterocycles. The van der Waals surface area contributed by atoms with Gasteiger partial charge >= 0.3 is 6.43 Å². The van der Waals surface area contributed by atoms with Gasteiger partial charge in [0.2, 0.25) is 0 Å². The van der Waals surface area contributed by atoms with Gasteiger partial charge in [0.05, 0.1) is 6.54 Å². The third-order valence-electron chi connectivity index (χ3n) is 2.03. The van der Waals surface area contributed by atoms with Crippen LogP contribution in [0.1, 0.15) is 19.3 Å². The highest BCUT2D eigenvalue weighted by Crippen LogP contribution is 2.34. The van der Waals surface area contributed by atoms with E-state index in [0.29, 0.717) is 12.8 Å². The first-order chi connectivity index (χ1) is 5.53. The molecule has 70 valence electrons. The van der Waals surface area contributed by atoms with Gasteiger partial charge in [-0.25, -0.2) is 4.39 Å². The van der Waals surface area contributed by atoms with E-state index in [1.807, 2.05) is 5.32 Å². The molecule has 0 radical (unpaired) electrons. The lowest BCUT2D eigenvalue weighted by Crippen LogP contribution is -2.45. The Bertz CT molecular complexity index is 179. The van der Waals surface area contributed by atoms with Gasteiger partial charge in [0.25, 0.3) is 5.91 Å². The van der Waals surface area contributed by atoms with Crippen molar-refractivity contribution in [3.05, 3.63) is 0 Å². The molecule has 5 heteroatoms. The van der Waals surface area contributed by atoms with Gasteiger partial charge in [0.1, 0.15) is 5.67 Å². The van der Waals surface area contributed by atoms with E-state index in [1.165, 1.54) is 0 Å². The molecule has 0 aromatic heterocycles. The lowest BCUT2D eigenvalue weighted by atomic mass is 9.82. The summed E-state index contributed by atoms with van der Waals surface area (Å²) in [6.45, 7) is -0.282. The van der Waals surface area contributed by atoms with Gasteiger partial charge in [-0.05, 0) is 19.3 Å². The fraction of sp³-hybridized carbons (Fsp3) is 0.857. The molecular weight excluding hydrogens is 171 g/mol. The van der Waals surface area contributed by atoms with E-state index in [9.17, 15) is 18.0 Å². The molecule has 1 N–H and O–H groups in total. The van der Waals surface area contributed by atoms with E-state index in [4.69, 9.17) is 0 Å². The number of amides is 1. The second kappa shape index (κ2) is 3.33. The predicted octanol–water partition coefficient (Wildman–Crippen LogP) is 1.26. The minimum absolute atomic E-state index is 0.282. The van der Waals surface area contributed by atoms with E-state index in [-0.39, 0.29) is 6.54 Å². The molecule has 0 bridgehead atoms. The largest absolute Gasteiger partial charge is 0.348 e. The molecule has 1 amide bonds. The topological polar surface area (TPSA) is 29.1 Å². The number of carbonyl (C=O) groups excluding carboxylic acids is 1. The molecule has 1 aliphatic rings. The molecule has 1 rings (SSSR count). The monoisotopic (exact) mass is 181 g/mol. The fourth-order valence-electron chi connectivity index (χ4n) is 1.06. The smallest absolute Gasteiger partial charge is 0.315 e. The molecule has 1 aliphatic carbocycles. The number of rotatable bonds is 3. The number of alkyl halides is 3. The lowest BCUT2D eigenvalue weighted by Gasteiger charge is -2.33. The van der Waals surface area contributed by atoms with Gasteiger partial charge in [0.15, 0.2) is 0 Å². The highest BCUT2D eigenvalue weighted by molar-refractivity contribution is 5.79. The summed E-state index contributed by atoms with van der Waals surface area (Å²) in [5, 5.41) is 1.86. The molecule has 0 unspecified atom stereocenters. The minimum Gasteiger partial charge on any atom is -0.348 e. The lowest BCUT2D eigenvalue weighted by molar-refractivity contribution is -0.132. The summed E-state index contributed by atoms with van der Waals surface area (Å²) in [4.78, 5) is 10.3. The molecule has 1 saturated carbocycles. The summed E-state index contributed by atoms with van der Waals surface area (Å²) in [6, 6.07) is 0. The third kappa shape index (κ3) is 2.12. The van der Waals surface area contributed by atoms with E-state index in [0.717, 1.165) is 6.42 Å². The minimum atomic E-state index is -3.05. The quantitative estimate of drug-likeness (QED) is 0.697. The van der Waals surface area contributed by atoms with Crippen LogP contribution in [0.25, 0.3) is 0 Å². The van der Waals surface area contributed by atoms with Crippen molar-refractivity contribution in [3.8, 4) is 0 Å². The molecule has 0 atom stereocenters. The van der Waals surface area contributed by atoms with Crippen LogP contribution in [0.3, 0.4) is 0 Å². The van der Waals surface area contributed by atoms with Crippen molar-refractivity contribution in [2.24, 2.45) is 0 Å². The van der Waals surface area contributed by atoms with Crippen molar-refractivity contribution in [2.75, 3.05) is 6.54 Å². The second-order valence-corrected chi connectivity index (χ2v) is 3.02. The number of carbonyl (C=O) groups is 1. The summed E-state index contributed by atoms with van der Waals surface area (Å²) in [6.07, 6.45) is -1.57. The molecule has 0 aromatic carbocycles. The molecular formula is C7H10F3NO. The third-order valence-corrected chi connectivity index (χ3v) is 2.03. The van der Waals surface area contributed by atoms with E-state index < -0.39 is 18.0 Å². The van der Waals surface area contributed by atoms with Gasteiger partial charge in [-0.3, -0.25) is 4.79 Å². The van der Waals surface area contributed by atoms with Crippen LogP contribution in [-0.2, 0) is 4.79 Å². The Morgan fingerprint density at radius 2 is 2.08 bits per heavy atom. The Hall–Kier alpha value is -0.740. The molecule has 1 fully saturated rings. The number of hydrogen-bond acceptors (Lipinski definition) is 1. The van der Waals surface area contributed by atoms with Crippen LogP contribution in [-0.4, -0.2) is 24.5 Å². The van der Waals surface area contributed by atoms with Crippen molar-refractivity contribution in [2.45, 2.75) is 31.4 Å². The second-order valence-electron chi connectivity index (χ2n) is 3.02. The molecule has 0 aliphatic heterocycles. The Kier molecular flexibility index (Phi) is 2.59. The van der Waals surface area contributed by atoms with Gasteiger partial charge in [-0.15, -0.1) is 0 Å². The van der Waals surface area contributed by atoms with Crippen LogP contribution < -0.4 is 5.32 Å². The van der Waals surface area contributed by atoms with Crippen LogP contribution in [0.4, 0.5) is 13.2 Å². The Morgan fingerprint density at radius 1 is 1.50 bits per heavy atom. The Labute approximate surface area is 68.1 Å². The number of nitrogens with one attached hydrogen (secondary N) is 1. The summed E-state index contributed by atoms with van der Waals surface area (Å²) in [7, 11) is 0.